The van der Waals surface area contributed by atoms with Crippen LogP contribution in [0.15, 0.2) is 36.4 Å². The number of nitrogens with one attached hydrogen (secondary N) is 1. The van der Waals surface area contributed by atoms with Crippen LogP contribution in [0.1, 0.15) is 19.3 Å². The molecule has 1 amide bonds. The Morgan fingerprint density at radius 1 is 1.14 bits per heavy atom. The summed E-state index contributed by atoms with van der Waals surface area (Å²) in [5.41, 5.74) is -0.134. The van der Waals surface area contributed by atoms with Crippen molar-refractivity contribution in [2.75, 3.05) is 13.7 Å². The molecule has 0 unspecified atom stereocenters. The molecule has 11 nitrogen and oxygen atoms in total. The van der Waals surface area contributed by atoms with Crippen molar-refractivity contribution >= 4 is 32.0 Å². The van der Waals surface area contributed by atoms with E-state index < -0.39 is 49.3 Å². The van der Waals surface area contributed by atoms with Crippen LogP contribution in [0.25, 0.3) is 0 Å². The molecule has 1 aliphatic carbocycles. The molecule has 1 N–H and O–H groups in total. The molecule has 12 heteroatoms. The minimum absolute atomic E-state index is 0.0970. The largest absolute Gasteiger partial charge is 0.514 e. The highest BCUT2D eigenvalue weighted by Gasteiger charge is 2.32. The Hall–Kier alpha value is -3.41. The second kappa shape index (κ2) is 12.9. The number of rotatable bonds is 8. The first kappa shape index (κ1) is 27.8. The number of esters is 1. The van der Waals surface area contributed by atoms with Crippen molar-refractivity contribution in [3.05, 3.63) is 46.5 Å². The molecule has 192 valence electrons. The average molecular weight is 509 g/mol. The third-order valence-electron chi connectivity index (χ3n) is 5.38. The third kappa shape index (κ3) is 9.77. The van der Waals surface area contributed by atoms with E-state index in [0.29, 0.717) is 13.0 Å². The van der Waals surface area contributed by atoms with Crippen LogP contribution < -0.4 is 10.1 Å². The molecular weight excluding hydrogens is 476 g/mol. The summed E-state index contributed by atoms with van der Waals surface area (Å²) in [5.74, 6) is -1.05. The van der Waals surface area contributed by atoms with Crippen LogP contribution in [0.4, 0.5) is 15.3 Å². The van der Waals surface area contributed by atoms with Gasteiger partial charge in [-0.1, -0.05) is 25.7 Å². The highest BCUT2D eigenvalue weighted by molar-refractivity contribution is 6.76. The second-order valence-electron chi connectivity index (χ2n) is 9.33. The molecular formula is C23H32N2O9Si. The van der Waals surface area contributed by atoms with Crippen LogP contribution in [-0.2, 0) is 19.0 Å². The van der Waals surface area contributed by atoms with E-state index in [9.17, 15) is 24.5 Å². The Morgan fingerprint density at radius 2 is 1.83 bits per heavy atom. The molecule has 0 fully saturated rings. The Labute approximate surface area is 204 Å². The van der Waals surface area contributed by atoms with E-state index in [2.05, 4.69) is 25.0 Å². The number of amides is 1. The molecule has 0 aromatic heterocycles. The first-order valence-corrected chi connectivity index (χ1v) is 15.0. The maximum Gasteiger partial charge on any atom is 0.514 e. The van der Waals surface area contributed by atoms with Crippen LogP contribution in [0.5, 0.6) is 5.75 Å². The molecule has 0 saturated heterocycles. The number of carbonyl (C=O) groups excluding carboxylic acids is 3. The molecule has 0 radical (unpaired) electrons. The number of nitro groups is 1. The lowest BCUT2D eigenvalue weighted by atomic mass is 9.88. The van der Waals surface area contributed by atoms with Crippen LogP contribution in [0, 0.1) is 16.0 Å². The van der Waals surface area contributed by atoms with Gasteiger partial charge in [0.25, 0.3) is 5.69 Å². The summed E-state index contributed by atoms with van der Waals surface area (Å²) >= 11 is 0. The summed E-state index contributed by atoms with van der Waals surface area (Å²) in [7, 11) is -0.0769. The zero-order chi connectivity index (χ0) is 26.0. The van der Waals surface area contributed by atoms with E-state index in [1.807, 2.05) is 0 Å². The monoisotopic (exact) mass is 508 g/mol. The maximum atomic E-state index is 12.4. The lowest BCUT2D eigenvalue weighted by Crippen LogP contribution is -2.45. The standard InChI is InChI=1S/C23H32N2O9Si/c1-31-21(26)19-13-12-17(33-23(28)34-18-10-8-16(9-11-18)25(29)30)6-5-7-20(19)24-22(27)32-14-15-35(2,3)4/h5-6,8-11,17,19-20H,7,12-15H2,1-4H3,(H,24,27)/b6-5+/t17-,19-,20-/m0/s1. The van der Waals surface area contributed by atoms with Crippen molar-refractivity contribution in [3.63, 3.8) is 0 Å². The topological polar surface area (TPSA) is 143 Å². The van der Waals surface area contributed by atoms with Crippen LogP contribution in [0.2, 0.25) is 25.7 Å². The van der Waals surface area contributed by atoms with Gasteiger partial charge in [0.1, 0.15) is 11.9 Å². The minimum atomic E-state index is -1.35. The van der Waals surface area contributed by atoms with E-state index in [1.54, 1.807) is 12.2 Å². The Bertz CT molecular complexity index is 928. The van der Waals surface area contributed by atoms with Gasteiger partial charge < -0.3 is 24.3 Å². The maximum absolute atomic E-state index is 12.4. The van der Waals surface area contributed by atoms with Crippen molar-refractivity contribution in [2.24, 2.45) is 5.92 Å². The molecule has 1 aromatic rings. The van der Waals surface area contributed by atoms with Gasteiger partial charge in [-0.05, 0) is 43.5 Å². The number of ether oxygens (including phenoxy) is 4. The number of nitro benzene ring substituents is 1. The van der Waals surface area contributed by atoms with Crippen LogP contribution in [0.3, 0.4) is 0 Å². The van der Waals surface area contributed by atoms with Gasteiger partial charge in [0, 0.05) is 26.2 Å². The fourth-order valence-corrected chi connectivity index (χ4v) is 4.11. The number of hydrogen-bond acceptors (Lipinski definition) is 9. The molecule has 2 rings (SSSR count). The normalized spacial score (nSPS) is 21.0. The number of carbonyl (C=O) groups is 3. The molecule has 35 heavy (non-hydrogen) atoms. The number of methoxy groups -OCH3 is 1. The second-order valence-corrected chi connectivity index (χ2v) is 14.9. The predicted molar refractivity (Wildman–Crippen MR) is 129 cm³/mol. The number of non-ortho nitro benzene ring substituents is 1. The zero-order valence-electron chi connectivity index (χ0n) is 20.4. The quantitative estimate of drug-likeness (QED) is 0.102. The van der Waals surface area contributed by atoms with Crippen molar-refractivity contribution in [3.8, 4) is 5.75 Å². The van der Waals surface area contributed by atoms with Gasteiger partial charge in [-0.2, -0.15) is 0 Å². The third-order valence-corrected chi connectivity index (χ3v) is 7.08. The predicted octanol–water partition coefficient (Wildman–Crippen LogP) is 4.44. The summed E-state index contributed by atoms with van der Waals surface area (Å²) in [6.45, 7) is 6.86. The number of alkyl carbamates (subject to hydrolysis) is 1. The Balaban J connectivity index is 1.96. The number of nitrogens with zero attached hydrogens (tertiary/aromatic N) is 1. The zero-order valence-corrected chi connectivity index (χ0v) is 21.4. The van der Waals surface area contributed by atoms with Gasteiger partial charge in [0.2, 0.25) is 0 Å². The van der Waals surface area contributed by atoms with E-state index in [4.69, 9.17) is 18.9 Å². The van der Waals surface area contributed by atoms with E-state index in [1.165, 1.54) is 31.4 Å². The Morgan fingerprint density at radius 3 is 2.43 bits per heavy atom. The number of hydrogen-bond donors (Lipinski definition) is 1. The van der Waals surface area contributed by atoms with Gasteiger partial charge in [0.15, 0.2) is 0 Å². The summed E-state index contributed by atoms with van der Waals surface area (Å²) < 4.78 is 20.6. The Kier molecular flexibility index (Phi) is 10.2. The highest BCUT2D eigenvalue weighted by Crippen LogP contribution is 2.24. The highest BCUT2D eigenvalue weighted by atomic mass is 28.3. The minimum Gasteiger partial charge on any atom is -0.469 e. The van der Waals surface area contributed by atoms with E-state index in [0.717, 1.165) is 6.04 Å². The first-order chi connectivity index (χ1) is 16.5. The van der Waals surface area contributed by atoms with Crippen molar-refractivity contribution in [1.82, 2.24) is 5.32 Å². The molecule has 0 saturated carbocycles. The van der Waals surface area contributed by atoms with Crippen LogP contribution >= 0.6 is 0 Å². The molecule has 3 atom stereocenters. The summed E-state index contributed by atoms with van der Waals surface area (Å²) in [4.78, 5) is 47.0. The molecule has 0 bridgehead atoms. The fraction of sp³-hybridized carbons (Fsp3) is 0.522. The van der Waals surface area contributed by atoms with Crippen LogP contribution in [-0.4, -0.2) is 57.1 Å². The molecule has 0 spiro atoms. The van der Waals surface area contributed by atoms with Gasteiger partial charge in [0.05, 0.1) is 24.6 Å². The van der Waals surface area contributed by atoms with Gasteiger partial charge >= 0.3 is 18.2 Å². The first-order valence-electron chi connectivity index (χ1n) is 11.3. The average Bonchev–Trinajstić information content (AvgIpc) is 2.76. The van der Waals surface area contributed by atoms with Crippen molar-refractivity contribution in [1.29, 1.82) is 0 Å². The number of benzene rings is 1. The van der Waals surface area contributed by atoms with Gasteiger partial charge in [-0.15, -0.1) is 0 Å². The molecule has 0 aliphatic heterocycles. The van der Waals surface area contributed by atoms with E-state index >= 15 is 0 Å². The van der Waals surface area contributed by atoms with Crippen molar-refractivity contribution in [2.45, 2.75) is 57.1 Å². The summed E-state index contributed by atoms with van der Waals surface area (Å²) in [6.07, 6.45) is 2.01. The molecule has 0 heterocycles. The van der Waals surface area contributed by atoms with Gasteiger partial charge in [-0.25, -0.2) is 9.59 Å². The van der Waals surface area contributed by atoms with Crippen molar-refractivity contribution < 1.29 is 38.3 Å². The summed E-state index contributed by atoms with van der Waals surface area (Å²) in [6, 6.07) is 5.30. The lowest BCUT2D eigenvalue weighted by molar-refractivity contribution is -0.384. The SMILES string of the molecule is COC(=O)[C@H]1CC[C@@H](OC(=O)Oc2ccc([N+](=O)[O-])cc2)/C=C/C[C@@H]1NC(=O)OCC[Si](C)(C)C. The smallest absolute Gasteiger partial charge is 0.469 e. The lowest BCUT2D eigenvalue weighted by Gasteiger charge is -2.28. The van der Waals surface area contributed by atoms with E-state index in [-0.39, 0.29) is 24.3 Å². The molecule has 1 aromatic carbocycles. The molecule has 1 aliphatic rings. The van der Waals surface area contributed by atoms with Gasteiger partial charge in [-0.3, -0.25) is 14.9 Å². The summed E-state index contributed by atoms with van der Waals surface area (Å²) in [5, 5.41) is 13.5. The fourth-order valence-electron chi connectivity index (χ4n) is 3.40.